The van der Waals surface area contributed by atoms with E-state index < -0.39 is 0 Å². The van der Waals surface area contributed by atoms with E-state index >= 15 is 0 Å². The molecule has 0 aliphatic heterocycles. The van der Waals surface area contributed by atoms with Crippen LogP contribution in [-0.4, -0.2) is 15.1 Å². The molecule has 4 rings (SSSR count). The van der Waals surface area contributed by atoms with Gasteiger partial charge in [0.2, 0.25) is 0 Å². The molecule has 1 aliphatic rings. The minimum atomic E-state index is 0.232. The molecule has 120 valence electrons. The fourth-order valence-corrected chi connectivity index (χ4v) is 3.17. The Bertz CT molecular complexity index is 918. The average Bonchev–Trinajstić information content (AvgIpc) is 2.62. The number of rotatable bonds is 3. The van der Waals surface area contributed by atoms with Gasteiger partial charge in [0.1, 0.15) is 11.6 Å². The molecule has 24 heavy (non-hydrogen) atoms. The van der Waals surface area contributed by atoms with Gasteiger partial charge in [-0.05, 0) is 55.5 Å². The third-order valence-electron chi connectivity index (χ3n) is 4.36. The van der Waals surface area contributed by atoms with Gasteiger partial charge in [0.15, 0.2) is 0 Å². The maximum atomic E-state index is 9.60. The van der Waals surface area contributed by atoms with Crippen molar-refractivity contribution < 1.29 is 5.11 Å². The van der Waals surface area contributed by atoms with Crippen LogP contribution in [0, 0.1) is 0 Å². The fraction of sp³-hybridized carbons (Fsp3) is 0.200. The molecule has 0 saturated carbocycles. The SMILES string of the molecule is Oc1cccc(Nc2cc3c(C4=CCCCC4)nccc3cn2)c1. The van der Waals surface area contributed by atoms with Crippen LogP contribution >= 0.6 is 0 Å². The number of fused-ring (bicyclic) bond motifs is 1. The highest BCUT2D eigenvalue weighted by atomic mass is 16.3. The van der Waals surface area contributed by atoms with E-state index in [9.17, 15) is 5.11 Å². The van der Waals surface area contributed by atoms with Gasteiger partial charge in [-0.25, -0.2) is 4.98 Å². The van der Waals surface area contributed by atoms with Crippen molar-refractivity contribution >= 4 is 27.9 Å². The summed E-state index contributed by atoms with van der Waals surface area (Å²) in [5, 5.41) is 15.1. The van der Waals surface area contributed by atoms with E-state index in [1.54, 1.807) is 18.2 Å². The second-order valence-electron chi connectivity index (χ2n) is 6.10. The number of anilines is 2. The van der Waals surface area contributed by atoms with Crippen molar-refractivity contribution in [1.82, 2.24) is 9.97 Å². The Morgan fingerprint density at radius 3 is 2.83 bits per heavy atom. The summed E-state index contributed by atoms with van der Waals surface area (Å²) in [5.74, 6) is 0.981. The highest BCUT2D eigenvalue weighted by Crippen LogP contribution is 2.31. The summed E-state index contributed by atoms with van der Waals surface area (Å²) in [6.07, 6.45) is 10.8. The highest BCUT2D eigenvalue weighted by molar-refractivity contribution is 5.93. The van der Waals surface area contributed by atoms with Crippen molar-refractivity contribution in [3.05, 3.63) is 60.6 Å². The van der Waals surface area contributed by atoms with E-state index in [1.165, 1.54) is 18.4 Å². The molecule has 0 unspecified atom stereocenters. The maximum Gasteiger partial charge on any atom is 0.130 e. The lowest BCUT2D eigenvalue weighted by Gasteiger charge is -2.14. The van der Waals surface area contributed by atoms with Gasteiger partial charge in [-0.1, -0.05) is 12.1 Å². The van der Waals surface area contributed by atoms with Gasteiger partial charge in [-0.3, -0.25) is 4.98 Å². The van der Waals surface area contributed by atoms with Crippen LogP contribution in [0.2, 0.25) is 0 Å². The number of benzene rings is 1. The number of phenolic OH excluding ortho intramolecular Hbond substituents is 1. The number of aromatic nitrogens is 2. The first-order valence-corrected chi connectivity index (χ1v) is 8.30. The molecular weight excluding hydrogens is 298 g/mol. The Hall–Kier alpha value is -2.88. The summed E-state index contributed by atoms with van der Waals surface area (Å²) in [4.78, 5) is 9.11. The van der Waals surface area contributed by atoms with Crippen LogP contribution in [0.5, 0.6) is 5.75 Å². The van der Waals surface area contributed by atoms with Gasteiger partial charge in [0.25, 0.3) is 0 Å². The van der Waals surface area contributed by atoms with Gasteiger partial charge < -0.3 is 10.4 Å². The van der Waals surface area contributed by atoms with E-state index in [-0.39, 0.29) is 5.75 Å². The normalized spacial score (nSPS) is 14.4. The van der Waals surface area contributed by atoms with Crippen LogP contribution in [0.3, 0.4) is 0 Å². The lowest BCUT2D eigenvalue weighted by atomic mass is 9.94. The molecule has 2 heterocycles. The van der Waals surface area contributed by atoms with Gasteiger partial charge >= 0.3 is 0 Å². The van der Waals surface area contributed by atoms with E-state index in [0.717, 1.165) is 40.8 Å². The van der Waals surface area contributed by atoms with E-state index in [1.807, 2.05) is 30.6 Å². The Kier molecular flexibility index (Phi) is 3.87. The van der Waals surface area contributed by atoms with Crippen LogP contribution < -0.4 is 5.32 Å². The standard InChI is InChI=1S/C20H19N3O/c24-17-8-4-7-16(11-17)23-19-12-18-15(13-22-19)9-10-21-20(18)14-5-2-1-3-6-14/h4-5,7-13,24H,1-3,6H2,(H,22,23). The highest BCUT2D eigenvalue weighted by Gasteiger charge is 2.12. The van der Waals surface area contributed by atoms with E-state index in [2.05, 4.69) is 21.4 Å². The summed E-state index contributed by atoms with van der Waals surface area (Å²) in [6.45, 7) is 0. The predicted molar refractivity (Wildman–Crippen MR) is 97.4 cm³/mol. The van der Waals surface area contributed by atoms with Crippen molar-refractivity contribution in [2.75, 3.05) is 5.32 Å². The van der Waals surface area contributed by atoms with Crippen molar-refractivity contribution in [1.29, 1.82) is 0 Å². The fourth-order valence-electron chi connectivity index (χ4n) is 3.17. The largest absolute Gasteiger partial charge is 0.508 e. The Balaban J connectivity index is 1.75. The maximum absolute atomic E-state index is 9.60. The molecule has 0 spiro atoms. The Labute approximate surface area is 140 Å². The molecule has 2 aromatic heterocycles. The quantitative estimate of drug-likeness (QED) is 0.711. The van der Waals surface area contributed by atoms with Crippen LogP contribution in [0.4, 0.5) is 11.5 Å². The predicted octanol–water partition coefficient (Wildman–Crippen LogP) is 5.04. The minimum absolute atomic E-state index is 0.232. The summed E-state index contributed by atoms with van der Waals surface area (Å²) < 4.78 is 0. The minimum Gasteiger partial charge on any atom is -0.508 e. The number of allylic oxidation sites excluding steroid dienone is 2. The summed E-state index contributed by atoms with van der Waals surface area (Å²) in [6, 6.07) is 11.1. The Morgan fingerprint density at radius 2 is 2.00 bits per heavy atom. The molecule has 2 N–H and O–H groups in total. The number of nitrogens with one attached hydrogen (secondary N) is 1. The second kappa shape index (κ2) is 6.32. The first kappa shape index (κ1) is 14.7. The third kappa shape index (κ3) is 2.95. The summed E-state index contributed by atoms with van der Waals surface area (Å²) >= 11 is 0. The van der Waals surface area contributed by atoms with Gasteiger partial charge in [-0.15, -0.1) is 0 Å². The van der Waals surface area contributed by atoms with E-state index in [4.69, 9.17) is 0 Å². The number of phenols is 1. The van der Waals surface area contributed by atoms with Gasteiger partial charge in [0, 0.05) is 34.9 Å². The lowest BCUT2D eigenvalue weighted by Crippen LogP contribution is -1.98. The molecule has 0 bridgehead atoms. The number of hydrogen-bond acceptors (Lipinski definition) is 4. The van der Waals surface area contributed by atoms with Crippen LogP contribution in [0.15, 0.2) is 54.9 Å². The molecule has 3 aromatic rings. The second-order valence-corrected chi connectivity index (χ2v) is 6.10. The van der Waals surface area contributed by atoms with Crippen molar-refractivity contribution in [2.24, 2.45) is 0 Å². The van der Waals surface area contributed by atoms with Gasteiger partial charge in [-0.2, -0.15) is 0 Å². The molecule has 0 radical (unpaired) electrons. The zero-order chi connectivity index (χ0) is 16.4. The molecule has 0 fully saturated rings. The molecule has 0 amide bonds. The van der Waals surface area contributed by atoms with E-state index in [0.29, 0.717) is 0 Å². The zero-order valence-corrected chi connectivity index (χ0v) is 13.4. The average molecular weight is 317 g/mol. The molecule has 4 heteroatoms. The smallest absolute Gasteiger partial charge is 0.130 e. The summed E-state index contributed by atoms with van der Waals surface area (Å²) in [7, 11) is 0. The van der Waals surface area contributed by atoms with Gasteiger partial charge in [0.05, 0.1) is 5.69 Å². The van der Waals surface area contributed by atoms with Crippen molar-refractivity contribution in [3.8, 4) is 5.75 Å². The molecule has 4 nitrogen and oxygen atoms in total. The molecular formula is C20H19N3O. The first-order chi connectivity index (χ1) is 11.8. The number of aromatic hydroxyl groups is 1. The monoisotopic (exact) mass is 317 g/mol. The van der Waals surface area contributed by atoms with Crippen LogP contribution in [-0.2, 0) is 0 Å². The Morgan fingerprint density at radius 1 is 1.04 bits per heavy atom. The number of pyridine rings is 2. The molecule has 1 aromatic carbocycles. The zero-order valence-electron chi connectivity index (χ0n) is 13.4. The number of hydrogen-bond donors (Lipinski definition) is 2. The lowest BCUT2D eigenvalue weighted by molar-refractivity contribution is 0.475. The summed E-state index contributed by atoms with van der Waals surface area (Å²) in [5.41, 5.74) is 3.21. The topological polar surface area (TPSA) is 58.0 Å². The van der Waals surface area contributed by atoms with Crippen LogP contribution in [0.25, 0.3) is 16.3 Å². The van der Waals surface area contributed by atoms with Crippen molar-refractivity contribution in [3.63, 3.8) is 0 Å². The molecule has 0 saturated heterocycles. The van der Waals surface area contributed by atoms with Crippen LogP contribution in [0.1, 0.15) is 31.4 Å². The first-order valence-electron chi connectivity index (χ1n) is 8.30. The molecule has 0 atom stereocenters. The van der Waals surface area contributed by atoms with Crippen molar-refractivity contribution in [2.45, 2.75) is 25.7 Å². The number of nitrogens with zero attached hydrogens (tertiary/aromatic N) is 2. The third-order valence-corrected chi connectivity index (χ3v) is 4.36. The molecule has 1 aliphatic carbocycles.